The van der Waals surface area contributed by atoms with E-state index in [0.29, 0.717) is 10.6 Å². The molecule has 184 valence electrons. The summed E-state index contributed by atoms with van der Waals surface area (Å²) in [6.07, 6.45) is -0.111. The maximum Gasteiger partial charge on any atom is 0.363 e. The number of phenolic OH excluding ortho intramolecular Hbond substituents is 1. The van der Waals surface area contributed by atoms with E-state index in [1.165, 1.54) is 24.3 Å². The van der Waals surface area contributed by atoms with Gasteiger partial charge in [-0.25, -0.2) is 14.6 Å². The van der Waals surface area contributed by atoms with Crippen LogP contribution in [0, 0.1) is 0 Å². The summed E-state index contributed by atoms with van der Waals surface area (Å²) in [5.41, 5.74) is -1.24. The molecule has 0 saturated carbocycles. The third-order valence-corrected chi connectivity index (χ3v) is 6.50. The second kappa shape index (κ2) is 8.15. The van der Waals surface area contributed by atoms with Gasteiger partial charge in [0.1, 0.15) is 11.4 Å². The van der Waals surface area contributed by atoms with Crippen molar-refractivity contribution in [2.24, 2.45) is 0 Å². The van der Waals surface area contributed by atoms with E-state index < -0.39 is 54.8 Å². The summed E-state index contributed by atoms with van der Waals surface area (Å²) in [4.78, 5) is 59.3. The number of nitrogens with one attached hydrogen (secondary N) is 1. The van der Waals surface area contributed by atoms with Gasteiger partial charge in [-0.2, -0.15) is 8.42 Å². The van der Waals surface area contributed by atoms with Crippen LogP contribution in [0.4, 0.5) is 0 Å². The maximum atomic E-state index is 12.7. The standard InChI is InChI=1S/C21H12ClN3O10S/c22-11-6-9-5-10(21(30)34-17(9)18(16(11)28)36(31,32)33)19-23-12-2-1-8(7-13(12)24-19)20(29)35-25-14(26)3-4-15(25)27/h1-2,5-7,28H,3-4H2,(H,23,24)(H,31,32,33). The van der Waals surface area contributed by atoms with Crippen molar-refractivity contribution in [1.29, 1.82) is 0 Å². The summed E-state index contributed by atoms with van der Waals surface area (Å²) in [5.74, 6) is -3.23. The summed E-state index contributed by atoms with van der Waals surface area (Å²) in [6.45, 7) is 0. The molecule has 15 heteroatoms. The van der Waals surface area contributed by atoms with Crippen LogP contribution in [0.3, 0.4) is 0 Å². The molecular formula is C21H12ClN3O10S. The molecule has 1 saturated heterocycles. The minimum absolute atomic E-state index is 0.0178. The number of nitrogens with zero attached hydrogens (tertiary/aromatic N) is 2. The Morgan fingerprint density at radius 1 is 1.14 bits per heavy atom. The van der Waals surface area contributed by atoms with Gasteiger partial charge in [0.25, 0.3) is 11.8 Å². The number of carbonyl (C=O) groups is 3. The molecular weight excluding hydrogens is 522 g/mol. The van der Waals surface area contributed by atoms with Crippen molar-refractivity contribution in [2.45, 2.75) is 17.7 Å². The number of halogens is 1. The number of aromatic amines is 1. The predicted molar refractivity (Wildman–Crippen MR) is 121 cm³/mol. The Hall–Kier alpha value is -4.27. The molecule has 13 nitrogen and oxygen atoms in total. The molecule has 3 heterocycles. The lowest BCUT2D eigenvalue weighted by Crippen LogP contribution is -2.32. The van der Waals surface area contributed by atoms with Crippen LogP contribution in [0.1, 0.15) is 23.2 Å². The molecule has 0 unspecified atom stereocenters. The number of H-pyrrole nitrogens is 1. The van der Waals surface area contributed by atoms with Gasteiger partial charge < -0.3 is 19.3 Å². The highest BCUT2D eigenvalue weighted by Gasteiger charge is 2.33. The number of carbonyl (C=O) groups excluding carboxylic acids is 3. The van der Waals surface area contributed by atoms with Crippen molar-refractivity contribution >= 4 is 61.5 Å². The lowest BCUT2D eigenvalue weighted by atomic mass is 10.1. The molecule has 1 fully saturated rings. The first kappa shape index (κ1) is 23.5. The summed E-state index contributed by atoms with van der Waals surface area (Å²) < 4.78 is 38.0. The second-order valence-corrected chi connectivity index (χ2v) is 9.42. The molecule has 0 atom stereocenters. The third kappa shape index (κ3) is 3.86. The van der Waals surface area contributed by atoms with Gasteiger partial charge in [0.05, 0.1) is 21.6 Å². The Balaban J connectivity index is 1.56. The van der Waals surface area contributed by atoms with E-state index in [4.69, 9.17) is 20.9 Å². The number of hydroxylamine groups is 2. The molecule has 2 amide bonds. The van der Waals surface area contributed by atoms with Gasteiger partial charge in [0.2, 0.25) is 0 Å². The van der Waals surface area contributed by atoms with Crippen LogP contribution in [-0.4, -0.2) is 50.9 Å². The SMILES string of the molecule is O=C(ON1C(=O)CCC1=O)c1ccc2nc(-c3cc4cc(Cl)c(O)c(S(=O)(=O)O)c4oc3=O)[nH]c2c1. The fourth-order valence-corrected chi connectivity index (χ4v) is 4.67. The van der Waals surface area contributed by atoms with Crippen LogP contribution in [0.25, 0.3) is 33.4 Å². The van der Waals surface area contributed by atoms with E-state index in [1.54, 1.807) is 0 Å². The number of aromatic nitrogens is 2. The number of amides is 2. The Kier molecular flexibility index (Phi) is 5.31. The van der Waals surface area contributed by atoms with Crippen LogP contribution in [0.15, 0.2) is 44.4 Å². The van der Waals surface area contributed by atoms with Gasteiger partial charge in [-0.05, 0) is 30.3 Å². The fraction of sp³-hybridized carbons (Fsp3) is 0.0952. The Morgan fingerprint density at radius 2 is 1.83 bits per heavy atom. The van der Waals surface area contributed by atoms with Crippen molar-refractivity contribution in [3.63, 3.8) is 0 Å². The number of fused-ring (bicyclic) bond motifs is 2. The summed E-state index contributed by atoms with van der Waals surface area (Å²) >= 11 is 5.87. The lowest BCUT2D eigenvalue weighted by molar-refractivity contribution is -0.172. The molecule has 0 aliphatic carbocycles. The molecule has 2 aromatic carbocycles. The van der Waals surface area contributed by atoms with Gasteiger partial charge in [-0.3, -0.25) is 14.1 Å². The zero-order valence-electron chi connectivity index (χ0n) is 17.6. The van der Waals surface area contributed by atoms with Gasteiger partial charge >= 0.3 is 21.7 Å². The van der Waals surface area contributed by atoms with E-state index in [9.17, 15) is 37.3 Å². The highest BCUT2D eigenvalue weighted by Crippen LogP contribution is 2.38. The van der Waals surface area contributed by atoms with Crippen molar-refractivity contribution in [2.75, 3.05) is 0 Å². The Morgan fingerprint density at radius 3 is 2.50 bits per heavy atom. The Labute approximate surface area is 204 Å². The Bertz CT molecular complexity index is 1790. The average molecular weight is 534 g/mol. The van der Waals surface area contributed by atoms with E-state index >= 15 is 0 Å². The maximum absolute atomic E-state index is 12.7. The third-order valence-electron chi connectivity index (χ3n) is 5.32. The zero-order chi connectivity index (χ0) is 25.9. The minimum atomic E-state index is -5.01. The first-order valence-corrected chi connectivity index (χ1v) is 11.8. The highest BCUT2D eigenvalue weighted by molar-refractivity contribution is 7.86. The van der Waals surface area contributed by atoms with Gasteiger partial charge in [-0.15, -0.1) is 5.06 Å². The normalized spacial score (nSPS) is 14.2. The monoisotopic (exact) mass is 533 g/mol. The molecule has 0 spiro atoms. The molecule has 3 N–H and O–H groups in total. The quantitative estimate of drug-likeness (QED) is 0.197. The van der Waals surface area contributed by atoms with Crippen LogP contribution in [-0.2, 0) is 24.5 Å². The molecule has 0 radical (unpaired) electrons. The summed E-state index contributed by atoms with van der Waals surface area (Å²) in [6, 6.07) is 6.41. The number of aromatic hydroxyl groups is 1. The van der Waals surface area contributed by atoms with E-state index in [-0.39, 0.29) is 40.7 Å². The number of phenols is 1. The van der Waals surface area contributed by atoms with Crippen LogP contribution >= 0.6 is 11.6 Å². The van der Waals surface area contributed by atoms with Crippen LogP contribution in [0.5, 0.6) is 5.75 Å². The number of hydrogen-bond acceptors (Lipinski definition) is 10. The predicted octanol–water partition coefficient (Wildman–Crippen LogP) is 2.16. The molecule has 2 aromatic heterocycles. The molecule has 0 bridgehead atoms. The summed E-state index contributed by atoms with van der Waals surface area (Å²) in [7, 11) is -5.01. The first-order valence-electron chi connectivity index (χ1n) is 9.99. The summed E-state index contributed by atoms with van der Waals surface area (Å²) in [5, 5.41) is 9.92. The zero-order valence-corrected chi connectivity index (χ0v) is 19.2. The largest absolute Gasteiger partial charge is 0.505 e. The smallest absolute Gasteiger partial charge is 0.363 e. The minimum Gasteiger partial charge on any atom is -0.505 e. The van der Waals surface area contributed by atoms with E-state index in [2.05, 4.69) is 9.97 Å². The van der Waals surface area contributed by atoms with Crippen molar-refractivity contribution in [1.82, 2.24) is 15.0 Å². The van der Waals surface area contributed by atoms with Crippen LogP contribution in [0.2, 0.25) is 5.02 Å². The van der Waals surface area contributed by atoms with E-state index in [0.717, 1.165) is 6.07 Å². The van der Waals surface area contributed by atoms with E-state index in [1.807, 2.05) is 0 Å². The fourth-order valence-electron chi connectivity index (χ4n) is 3.65. The van der Waals surface area contributed by atoms with Crippen LogP contribution < -0.4 is 5.63 Å². The molecule has 1 aliphatic heterocycles. The number of imide groups is 1. The molecule has 36 heavy (non-hydrogen) atoms. The van der Waals surface area contributed by atoms with Gasteiger partial charge in [0.15, 0.2) is 16.2 Å². The number of rotatable bonds is 4. The topological polar surface area (TPSA) is 197 Å². The number of hydrogen-bond donors (Lipinski definition) is 3. The molecule has 5 rings (SSSR count). The highest BCUT2D eigenvalue weighted by atomic mass is 35.5. The molecule has 1 aliphatic rings. The van der Waals surface area contributed by atoms with Crippen molar-refractivity contribution in [3.8, 4) is 17.1 Å². The lowest BCUT2D eigenvalue weighted by Gasteiger charge is -2.12. The van der Waals surface area contributed by atoms with Crippen molar-refractivity contribution in [3.05, 3.63) is 51.3 Å². The van der Waals surface area contributed by atoms with Gasteiger partial charge in [-0.1, -0.05) is 11.6 Å². The first-order chi connectivity index (χ1) is 16.9. The van der Waals surface area contributed by atoms with Crippen molar-refractivity contribution < 1.29 is 41.7 Å². The number of benzene rings is 2. The molecule has 4 aromatic rings. The second-order valence-electron chi connectivity index (χ2n) is 7.66. The average Bonchev–Trinajstić information content (AvgIpc) is 3.36. The number of imidazole rings is 1. The van der Waals surface area contributed by atoms with Gasteiger partial charge in [0, 0.05) is 18.2 Å².